The Bertz CT molecular complexity index is 718. The summed E-state index contributed by atoms with van der Waals surface area (Å²) in [6.45, 7) is 1.66. The largest absolute Gasteiger partial charge is 0.395 e. The number of anilines is 1. The van der Waals surface area contributed by atoms with Gasteiger partial charge in [-0.1, -0.05) is 11.8 Å². The minimum atomic E-state index is -0.662. The van der Waals surface area contributed by atoms with Crippen LogP contribution in [0.25, 0.3) is 0 Å². The Kier molecular flexibility index (Phi) is 4.98. The molecule has 0 saturated carbocycles. The topological polar surface area (TPSA) is 75.1 Å². The van der Waals surface area contributed by atoms with E-state index in [4.69, 9.17) is 5.11 Å². The number of benzene rings is 1. The van der Waals surface area contributed by atoms with Crippen LogP contribution >= 0.6 is 11.5 Å². The van der Waals surface area contributed by atoms with Crippen LogP contribution in [0.15, 0.2) is 18.2 Å². The number of rotatable bonds is 3. The predicted molar refractivity (Wildman–Crippen MR) is 77.6 cm³/mol. The molecule has 2 rings (SSSR count). The molecule has 0 aliphatic heterocycles. The van der Waals surface area contributed by atoms with Gasteiger partial charge < -0.3 is 5.11 Å². The summed E-state index contributed by atoms with van der Waals surface area (Å²) >= 11 is 1.03. The molecule has 1 amide bonds. The lowest BCUT2D eigenvalue weighted by atomic mass is 10.1. The minimum Gasteiger partial charge on any atom is -0.395 e. The molecule has 1 heterocycles. The Morgan fingerprint density at radius 1 is 1.52 bits per heavy atom. The summed E-state index contributed by atoms with van der Waals surface area (Å²) in [6, 6.07) is 4.10. The van der Waals surface area contributed by atoms with Crippen molar-refractivity contribution in [3.8, 4) is 11.8 Å². The summed E-state index contributed by atoms with van der Waals surface area (Å²) in [5, 5.41) is 11.4. The van der Waals surface area contributed by atoms with Crippen molar-refractivity contribution in [3.63, 3.8) is 0 Å². The lowest BCUT2D eigenvalue weighted by Crippen LogP contribution is -2.13. The molecule has 0 unspecified atom stereocenters. The Morgan fingerprint density at radius 2 is 2.33 bits per heavy atom. The quantitative estimate of drug-likeness (QED) is 0.850. The van der Waals surface area contributed by atoms with E-state index in [2.05, 4.69) is 26.5 Å². The maximum absolute atomic E-state index is 13.9. The van der Waals surface area contributed by atoms with Crippen LogP contribution in [0.4, 0.5) is 9.52 Å². The van der Waals surface area contributed by atoms with E-state index >= 15 is 0 Å². The van der Waals surface area contributed by atoms with Crippen LogP contribution < -0.4 is 5.32 Å². The molecule has 7 heteroatoms. The molecule has 1 aromatic carbocycles. The van der Waals surface area contributed by atoms with Crippen LogP contribution in [0.3, 0.4) is 0 Å². The number of aliphatic hydroxyl groups excluding tert-OH is 1. The van der Waals surface area contributed by atoms with Crippen molar-refractivity contribution in [3.05, 3.63) is 41.0 Å². The maximum Gasteiger partial charge on any atom is 0.260 e. The van der Waals surface area contributed by atoms with Gasteiger partial charge in [0, 0.05) is 23.5 Å². The highest BCUT2D eigenvalue weighted by atomic mass is 32.1. The molecule has 5 nitrogen and oxygen atoms in total. The fraction of sp³-hybridized carbons (Fsp3) is 0.214. The van der Waals surface area contributed by atoms with Crippen molar-refractivity contribution < 1.29 is 14.3 Å². The minimum absolute atomic E-state index is 0.0444. The highest BCUT2D eigenvalue weighted by molar-refractivity contribution is 7.09. The van der Waals surface area contributed by atoms with Gasteiger partial charge in [0.1, 0.15) is 11.6 Å². The number of aromatic nitrogens is 2. The Balaban J connectivity index is 2.13. The van der Waals surface area contributed by atoms with Gasteiger partial charge in [-0.25, -0.2) is 9.37 Å². The molecular formula is C14H12FN3O2S. The van der Waals surface area contributed by atoms with Gasteiger partial charge in [-0.05, 0) is 25.1 Å². The van der Waals surface area contributed by atoms with Gasteiger partial charge in [-0.2, -0.15) is 4.37 Å². The van der Waals surface area contributed by atoms with E-state index < -0.39 is 11.7 Å². The number of amides is 1. The molecule has 21 heavy (non-hydrogen) atoms. The number of carbonyl (C=O) groups excluding carboxylic acids is 1. The van der Waals surface area contributed by atoms with Gasteiger partial charge in [0.25, 0.3) is 5.91 Å². The Hall–Kier alpha value is -2.30. The number of halogens is 1. The molecule has 0 atom stereocenters. The van der Waals surface area contributed by atoms with E-state index in [0.29, 0.717) is 22.9 Å². The van der Waals surface area contributed by atoms with Crippen LogP contribution in [-0.4, -0.2) is 27.0 Å². The number of aryl methyl sites for hydroxylation is 1. The van der Waals surface area contributed by atoms with Crippen molar-refractivity contribution >= 4 is 22.6 Å². The molecule has 0 aliphatic carbocycles. The molecule has 0 fully saturated rings. The molecule has 0 aliphatic rings. The Labute approximate surface area is 125 Å². The SMILES string of the molecule is Cc1nsc(NC(=O)c2ccc(C#CCCO)cc2F)n1. The van der Waals surface area contributed by atoms with E-state index in [9.17, 15) is 9.18 Å². The maximum atomic E-state index is 13.9. The molecular weight excluding hydrogens is 293 g/mol. The number of hydrogen-bond donors (Lipinski definition) is 2. The van der Waals surface area contributed by atoms with Crippen LogP contribution in [0.5, 0.6) is 0 Å². The first-order valence-corrected chi connectivity index (χ1v) is 6.88. The monoisotopic (exact) mass is 305 g/mol. The van der Waals surface area contributed by atoms with Crippen LogP contribution in [0.1, 0.15) is 28.2 Å². The van der Waals surface area contributed by atoms with Crippen molar-refractivity contribution in [2.75, 3.05) is 11.9 Å². The molecule has 2 aromatic rings. The second-order valence-corrected chi connectivity index (χ2v) is 4.82. The van der Waals surface area contributed by atoms with E-state index in [-0.39, 0.29) is 12.2 Å². The van der Waals surface area contributed by atoms with Crippen molar-refractivity contribution in [1.29, 1.82) is 0 Å². The average molecular weight is 305 g/mol. The average Bonchev–Trinajstić information content (AvgIpc) is 2.84. The van der Waals surface area contributed by atoms with E-state index in [1.807, 2.05) is 0 Å². The summed E-state index contributed by atoms with van der Waals surface area (Å²) < 4.78 is 17.8. The lowest BCUT2D eigenvalue weighted by Gasteiger charge is -2.03. The molecule has 2 N–H and O–H groups in total. The second-order valence-electron chi connectivity index (χ2n) is 4.07. The van der Waals surface area contributed by atoms with E-state index in [1.165, 1.54) is 12.1 Å². The number of carbonyl (C=O) groups is 1. The predicted octanol–water partition coefficient (Wildman–Crippen LogP) is 1.97. The third-order valence-corrected chi connectivity index (χ3v) is 3.15. The molecule has 1 aromatic heterocycles. The normalized spacial score (nSPS) is 9.86. The zero-order chi connectivity index (χ0) is 15.2. The fourth-order valence-corrected chi connectivity index (χ4v) is 2.08. The number of nitrogens with one attached hydrogen (secondary N) is 1. The first kappa shape index (κ1) is 15.1. The fourth-order valence-electron chi connectivity index (χ4n) is 1.51. The highest BCUT2D eigenvalue weighted by Gasteiger charge is 2.13. The Morgan fingerprint density at radius 3 is 2.95 bits per heavy atom. The first-order valence-electron chi connectivity index (χ1n) is 6.11. The third kappa shape index (κ3) is 4.08. The third-order valence-electron chi connectivity index (χ3n) is 2.43. The molecule has 108 valence electrons. The van der Waals surface area contributed by atoms with E-state index in [1.54, 1.807) is 13.0 Å². The van der Waals surface area contributed by atoms with Crippen LogP contribution in [-0.2, 0) is 0 Å². The van der Waals surface area contributed by atoms with Gasteiger partial charge in [-0.3, -0.25) is 10.1 Å². The molecule has 0 radical (unpaired) electrons. The molecule has 0 saturated heterocycles. The van der Waals surface area contributed by atoms with Gasteiger partial charge in [0.15, 0.2) is 0 Å². The highest BCUT2D eigenvalue weighted by Crippen LogP contribution is 2.15. The summed E-state index contributed by atoms with van der Waals surface area (Å²) in [5.41, 5.74) is 0.361. The zero-order valence-electron chi connectivity index (χ0n) is 11.2. The van der Waals surface area contributed by atoms with Gasteiger partial charge in [0.2, 0.25) is 5.13 Å². The number of hydrogen-bond acceptors (Lipinski definition) is 5. The lowest BCUT2D eigenvalue weighted by molar-refractivity contribution is 0.102. The summed E-state index contributed by atoms with van der Waals surface area (Å²) in [4.78, 5) is 15.9. The summed E-state index contributed by atoms with van der Waals surface area (Å²) in [6.07, 6.45) is 0.320. The van der Waals surface area contributed by atoms with Crippen molar-refractivity contribution in [2.45, 2.75) is 13.3 Å². The van der Waals surface area contributed by atoms with Gasteiger partial charge >= 0.3 is 0 Å². The van der Waals surface area contributed by atoms with Crippen LogP contribution in [0.2, 0.25) is 0 Å². The summed E-state index contributed by atoms with van der Waals surface area (Å²) in [5.74, 6) is 4.69. The molecule has 0 bridgehead atoms. The number of nitrogens with zero attached hydrogens (tertiary/aromatic N) is 2. The second kappa shape index (κ2) is 6.92. The van der Waals surface area contributed by atoms with Gasteiger partial charge in [-0.15, -0.1) is 0 Å². The smallest absolute Gasteiger partial charge is 0.260 e. The van der Waals surface area contributed by atoms with E-state index in [0.717, 1.165) is 11.5 Å². The summed E-state index contributed by atoms with van der Waals surface area (Å²) in [7, 11) is 0. The van der Waals surface area contributed by atoms with Crippen molar-refractivity contribution in [2.24, 2.45) is 0 Å². The first-order chi connectivity index (χ1) is 10.1. The molecule has 0 spiro atoms. The standard InChI is InChI=1S/C14H12FN3O2S/c1-9-16-14(21-18-9)17-13(20)11-6-5-10(8-12(11)15)4-2-3-7-19/h5-6,8,19H,3,7H2,1H3,(H,16,17,18,20). The van der Waals surface area contributed by atoms with Crippen LogP contribution in [0, 0.1) is 24.6 Å². The number of aliphatic hydroxyl groups is 1. The van der Waals surface area contributed by atoms with Gasteiger partial charge in [0.05, 0.1) is 12.2 Å². The van der Waals surface area contributed by atoms with Crippen molar-refractivity contribution in [1.82, 2.24) is 9.36 Å². The zero-order valence-corrected chi connectivity index (χ0v) is 12.0.